The van der Waals surface area contributed by atoms with Gasteiger partial charge in [0, 0.05) is 31.2 Å². The van der Waals surface area contributed by atoms with E-state index < -0.39 is 5.67 Å². The van der Waals surface area contributed by atoms with Crippen molar-refractivity contribution >= 4 is 28.4 Å². The third-order valence-corrected chi connectivity index (χ3v) is 6.97. The molecule has 4 nitrogen and oxygen atoms in total. The monoisotopic (exact) mass is 419 g/mol. The van der Waals surface area contributed by atoms with Crippen molar-refractivity contribution in [3.8, 4) is 0 Å². The maximum Gasteiger partial charge on any atom is 0.253 e. The van der Waals surface area contributed by atoms with Crippen LogP contribution in [0.15, 0.2) is 24.4 Å². The predicted molar refractivity (Wildman–Crippen MR) is 116 cm³/mol. The maximum absolute atomic E-state index is 14.0. The van der Waals surface area contributed by atoms with E-state index in [1.807, 2.05) is 24.4 Å². The Hall–Kier alpha value is -1.59. The van der Waals surface area contributed by atoms with Crippen molar-refractivity contribution in [3.05, 3.63) is 35.0 Å². The first-order valence-electron chi connectivity index (χ1n) is 10.9. The summed E-state index contributed by atoms with van der Waals surface area (Å²) in [6.45, 7) is 6.43. The summed E-state index contributed by atoms with van der Waals surface area (Å²) < 4.78 is 16.2. The van der Waals surface area contributed by atoms with Crippen LogP contribution in [0.1, 0.15) is 55.8 Å². The average molecular weight is 420 g/mol. The van der Waals surface area contributed by atoms with Gasteiger partial charge in [-0.2, -0.15) is 0 Å². The summed E-state index contributed by atoms with van der Waals surface area (Å²) in [5.41, 5.74) is 0.599. The number of amides is 1. The van der Waals surface area contributed by atoms with Gasteiger partial charge in [0.15, 0.2) is 0 Å². The van der Waals surface area contributed by atoms with Crippen LogP contribution in [0.3, 0.4) is 0 Å². The Morgan fingerprint density at radius 3 is 2.69 bits per heavy atom. The highest BCUT2D eigenvalue weighted by molar-refractivity contribution is 6.36. The molecule has 0 spiro atoms. The smallest absolute Gasteiger partial charge is 0.253 e. The fraction of sp³-hybridized carbons (Fsp3) is 0.609. The molecule has 0 bridgehead atoms. The number of likely N-dealkylation sites (tertiary alicyclic amines) is 1. The molecule has 1 saturated carbocycles. The van der Waals surface area contributed by atoms with Gasteiger partial charge in [-0.3, -0.25) is 4.79 Å². The quantitative estimate of drug-likeness (QED) is 0.712. The number of carbonyl (C=O) groups excluding carboxylic acids is 1. The zero-order valence-corrected chi connectivity index (χ0v) is 18.0. The van der Waals surface area contributed by atoms with Gasteiger partial charge in [-0.15, -0.1) is 0 Å². The minimum absolute atomic E-state index is 0.0865. The van der Waals surface area contributed by atoms with Crippen LogP contribution in [0.4, 0.5) is 4.39 Å². The largest absolute Gasteiger partial charge is 0.352 e. The van der Waals surface area contributed by atoms with Gasteiger partial charge in [0.2, 0.25) is 0 Å². The van der Waals surface area contributed by atoms with Crippen LogP contribution in [0, 0.1) is 5.92 Å². The van der Waals surface area contributed by atoms with E-state index in [1.165, 1.54) is 12.8 Å². The van der Waals surface area contributed by atoms with Gasteiger partial charge in [0.05, 0.1) is 16.1 Å². The molecule has 158 valence electrons. The van der Waals surface area contributed by atoms with Crippen molar-refractivity contribution < 1.29 is 9.18 Å². The van der Waals surface area contributed by atoms with Gasteiger partial charge in [-0.05, 0) is 76.6 Å². The van der Waals surface area contributed by atoms with Crippen molar-refractivity contribution in [2.45, 2.75) is 57.7 Å². The van der Waals surface area contributed by atoms with E-state index in [2.05, 4.69) is 14.8 Å². The topological polar surface area (TPSA) is 37.3 Å². The lowest BCUT2D eigenvalue weighted by Gasteiger charge is -2.31. The Balaban J connectivity index is 1.46. The summed E-state index contributed by atoms with van der Waals surface area (Å²) in [4.78, 5) is 15.5. The Kier molecular flexibility index (Phi) is 6.16. The normalized spacial score (nSPS) is 25.6. The summed E-state index contributed by atoms with van der Waals surface area (Å²) in [7, 11) is 0. The van der Waals surface area contributed by atoms with E-state index in [4.69, 9.17) is 11.6 Å². The minimum Gasteiger partial charge on any atom is -0.352 e. The number of aromatic nitrogens is 1. The molecule has 1 N–H and O–H groups in total. The molecule has 2 fully saturated rings. The number of rotatable bonds is 6. The van der Waals surface area contributed by atoms with E-state index in [-0.39, 0.29) is 5.91 Å². The zero-order chi connectivity index (χ0) is 20.4. The first-order valence-corrected chi connectivity index (χ1v) is 11.3. The van der Waals surface area contributed by atoms with Crippen molar-refractivity contribution in [1.29, 1.82) is 0 Å². The molecule has 29 heavy (non-hydrogen) atoms. The van der Waals surface area contributed by atoms with Crippen LogP contribution in [-0.2, 0) is 6.54 Å². The Morgan fingerprint density at radius 1 is 1.24 bits per heavy atom. The molecule has 1 aliphatic heterocycles. The summed E-state index contributed by atoms with van der Waals surface area (Å²) in [6, 6.07) is 5.81. The lowest BCUT2D eigenvalue weighted by Crippen LogP contribution is -2.34. The van der Waals surface area contributed by atoms with Crippen LogP contribution in [-0.4, -0.2) is 47.2 Å². The highest BCUT2D eigenvalue weighted by Gasteiger charge is 2.30. The number of nitrogens with one attached hydrogen (secondary N) is 1. The molecule has 2 aromatic rings. The van der Waals surface area contributed by atoms with Crippen LogP contribution >= 0.6 is 11.6 Å². The van der Waals surface area contributed by atoms with Gasteiger partial charge in [-0.25, -0.2) is 4.39 Å². The van der Waals surface area contributed by atoms with Gasteiger partial charge in [0.1, 0.15) is 5.67 Å². The summed E-state index contributed by atoms with van der Waals surface area (Å²) in [6.07, 6.45) is 7.30. The molecule has 2 aliphatic rings. The highest BCUT2D eigenvalue weighted by atomic mass is 35.5. The number of halogens is 2. The third-order valence-electron chi connectivity index (χ3n) is 6.65. The maximum atomic E-state index is 14.0. The first kappa shape index (κ1) is 20.7. The first-order chi connectivity index (χ1) is 13.9. The van der Waals surface area contributed by atoms with Gasteiger partial charge in [-0.1, -0.05) is 17.7 Å². The molecule has 0 atom stereocenters. The van der Waals surface area contributed by atoms with Gasteiger partial charge in [0.25, 0.3) is 5.91 Å². The van der Waals surface area contributed by atoms with Crippen molar-refractivity contribution in [2.24, 2.45) is 5.92 Å². The molecule has 2 heterocycles. The number of hydrogen-bond donors (Lipinski definition) is 1. The van der Waals surface area contributed by atoms with E-state index in [0.717, 1.165) is 49.9 Å². The number of fused-ring (bicyclic) bond motifs is 1. The molecular weight excluding hydrogens is 389 g/mol. The van der Waals surface area contributed by atoms with Crippen molar-refractivity contribution in [2.75, 3.05) is 26.2 Å². The number of nitrogens with zero attached hydrogens (tertiary/aromatic N) is 2. The molecule has 0 radical (unpaired) electrons. The number of alkyl halides is 1. The molecule has 1 aromatic heterocycles. The summed E-state index contributed by atoms with van der Waals surface area (Å²) in [5.74, 6) is 0.262. The van der Waals surface area contributed by atoms with Crippen molar-refractivity contribution in [1.82, 2.24) is 14.8 Å². The number of hydrogen-bond acceptors (Lipinski definition) is 2. The number of benzene rings is 1. The molecule has 4 rings (SSSR count). The van der Waals surface area contributed by atoms with E-state index in [0.29, 0.717) is 35.9 Å². The second kappa shape index (κ2) is 8.65. The molecule has 1 aromatic carbocycles. The van der Waals surface area contributed by atoms with Crippen LogP contribution in [0.25, 0.3) is 10.9 Å². The summed E-state index contributed by atoms with van der Waals surface area (Å²) in [5, 5.41) is 4.52. The minimum atomic E-state index is -1.04. The van der Waals surface area contributed by atoms with E-state index in [9.17, 15) is 9.18 Å². The molecule has 1 amide bonds. The lowest BCUT2D eigenvalue weighted by molar-refractivity contribution is 0.0894. The Morgan fingerprint density at radius 2 is 1.97 bits per heavy atom. The SMILES string of the molecule is CC1(F)CCC(CNC(=O)c2cn(CCN3CCCC3)c3cccc(Cl)c23)CC1. The standard InChI is InChI=1S/C23H31ClFN3O/c1-23(25)9-7-17(8-10-23)15-26-22(29)18-16-28(14-13-27-11-2-3-12-27)20-6-4-5-19(24)21(18)20/h4-6,16-17H,2-3,7-15H2,1H3,(H,26,29). The fourth-order valence-electron chi connectivity index (χ4n) is 4.74. The predicted octanol–water partition coefficient (Wildman–Crippen LogP) is 5.04. The van der Waals surface area contributed by atoms with E-state index >= 15 is 0 Å². The Bertz CT molecular complexity index is 862. The molecule has 0 unspecified atom stereocenters. The molecule has 1 saturated heterocycles. The fourth-order valence-corrected chi connectivity index (χ4v) is 5.01. The third kappa shape index (κ3) is 4.77. The lowest BCUT2D eigenvalue weighted by atomic mass is 9.81. The zero-order valence-electron chi connectivity index (χ0n) is 17.2. The van der Waals surface area contributed by atoms with Crippen LogP contribution in [0.2, 0.25) is 5.02 Å². The molecule has 6 heteroatoms. The molecular formula is C23H31ClFN3O. The van der Waals surface area contributed by atoms with Crippen LogP contribution < -0.4 is 5.32 Å². The Labute approximate surface area is 177 Å². The van der Waals surface area contributed by atoms with E-state index in [1.54, 1.807) is 6.92 Å². The average Bonchev–Trinajstić information content (AvgIpc) is 3.34. The van der Waals surface area contributed by atoms with Gasteiger partial charge < -0.3 is 14.8 Å². The second-order valence-corrected chi connectivity index (χ2v) is 9.39. The summed E-state index contributed by atoms with van der Waals surface area (Å²) >= 11 is 6.48. The molecule has 1 aliphatic carbocycles. The highest BCUT2D eigenvalue weighted by Crippen LogP contribution is 2.34. The van der Waals surface area contributed by atoms with Crippen LogP contribution in [0.5, 0.6) is 0 Å². The van der Waals surface area contributed by atoms with Gasteiger partial charge >= 0.3 is 0 Å². The van der Waals surface area contributed by atoms with Crippen molar-refractivity contribution in [3.63, 3.8) is 0 Å². The number of carbonyl (C=O) groups is 1. The second-order valence-electron chi connectivity index (χ2n) is 8.99.